The molecular formula is C13H26N2O2S. The summed E-state index contributed by atoms with van der Waals surface area (Å²) in [7, 11) is -3.07. The average Bonchev–Trinajstić information content (AvgIpc) is 2.38. The van der Waals surface area contributed by atoms with Gasteiger partial charge in [0.05, 0.1) is 5.75 Å². The van der Waals surface area contributed by atoms with Crippen molar-refractivity contribution in [2.45, 2.75) is 69.9 Å². The third-order valence-corrected chi connectivity index (χ3v) is 5.56. The Balaban J connectivity index is 1.72. The highest BCUT2D eigenvalue weighted by Gasteiger charge is 2.21. The number of nitrogens with one attached hydrogen (secondary N) is 2. The average molecular weight is 274 g/mol. The predicted molar refractivity (Wildman–Crippen MR) is 74.1 cm³/mol. The fourth-order valence-corrected chi connectivity index (χ4v) is 4.46. The molecule has 0 aromatic rings. The minimum atomic E-state index is -3.07. The molecule has 0 bridgehead atoms. The number of hydrogen-bond acceptors (Lipinski definition) is 3. The lowest BCUT2D eigenvalue weighted by Crippen LogP contribution is -2.40. The normalized spacial score (nSPS) is 27.2. The van der Waals surface area contributed by atoms with E-state index in [9.17, 15) is 8.42 Å². The molecule has 1 atom stereocenters. The third kappa shape index (κ3) is 4.86. The van der Waals surface area contributed by atoms with E-state index in [1.54, 1.807) is 0 Å². The van der Waals surface area contributed by atoms with Crippen LogP contribution in [0, 0.1) is 0 Å². The lowest BCUT2D eigenvalue weighted by molar-refractivity contribution is 0.388. The van der Waals surface area contributed by atoms with Gasteiger partial charge in [-0.2, -0.15) is 0 Å². The van der Waals surface area contributed by atoms with Crippen LogP contribution < -0.4 is 10.0 Å². The van der Waals surface area contributed by atoms with E-state index in [0.717, 1.165) is 45.1 Å². The predicted octanol–water partition coefficient (Wildman–Crippen LogP) is 1.77. The van der Waals surface area contributed by atoms with Crippen LogP contribution in [0.1, 0.15) is 57.8 Å². The molecular weight excluding hydrogens is 248 g/mol. The van der Waals surface area contributed by atoms with Gasteiger partial charge in [0.1, 0.15) is 0 Å². The van der Waals surface area contributed by atoms with E-state index in [1.165, 1.54) is 19.3 Å². The second-order valence-corrected chi connectivity index (χ2v) is 7.58. The van der Waals surface area contributed by atoms with Gasteiger partial charge in [-0.25, -0.2) is 13.1 Å². The van der Waals surface area contributed by atoms with Gasteiger partial charge in [0.15, 0.2) is 0 Å². The quantitative estimate of drug-likeness (QED) is 0.803. The van der Waals surface area contributed by atoms with Crippen LogP contribution in [0.2, 0.25) is 0 Å². The maximum Gasteiger partial charge on any atom is 0.211 e. The summed E-state index contributed by atoms with van der Waals surface area (Å²) in [5, 5.41) is 3.40. The lowest BCUT2D eigenvalue weighted by atomic mass is 9.96. The van der Waals surface area contributed by atoms with Crippen molar-refractivity contribution < 1.29 is 8.42 Å². The first-order chi connectivity index (χ1) is 8.66. The van der Waals surface area contributed by atoms with Gasteiger partial charge >= 0.3 is 0 Å². The van der Waals surface area contributed by atoms with Gasteiger partial charge in [-0.3, -0.25) is 0 Å². The van der Waals surface area contributed by atoms with Crippen molar-refractivity contribution in [3.63, 3.8) is 0 Å². The van der Waals surface area contributed by atoms with Gasteiger partial charge in [0, 0.05) is 12.1 Å². The van der Waals surface area contributed by atoms with Crippen molar-refractivity contribution in [2.75, 3.05) is 12.3 Å². The molecule has 2 fully saturated rings. The van der Waals surface area contributed by atoms with E-state index in [4.69, 9.17) is 0 Å². The van der Waals surface area contributed by atoms with Crippen molar-refractivity contribution in [1.29, 1.82) is 0 Å². The standard InChI is InChI=1S/C13H26N2O2S/c16-18(17,15-13-7-2-1-3-8-13)11-9-12-6-4-5-10-14-12/h12-15H,1-11H2. The molecule has 0 amide bonds. The highest BCUT2D eigenvalue weighted by Crippen LogP contribution is 2.18. The molecule has 1 aliphatic carbocycles. The van der Waals surface area contributed by atoms with E-state index < -0.39 is 10.0 Å². The SMILES string of the molecule is O=S(=O)(CCC1CCCCN1)NC1CCCCC1. The molecule has 0 spiro atoms. The maximum atomic E-state index is 12.0. The zero-order chi connectivity index (χ0) is 12.8. The fourth-order valence-electron chi connectivity index (χ4n) is 3.00. The zero-order valence-electron chi connectivity index (χ0n) is 11.2. The number of piperidine rings is 1. The summed E-state index contributed by atoms with van der Waals surface area (Å²) in [6, 6.07) is 0.602. The molecule has 1 aliphatic heterocycles. The van der Waals surface area contributed by atoms with E-state index in [0.29, 0.717) is 6.04 Å². The van der Waals surface area contributed by atoms with Crippen molar-refractivity contribution >= 4 is 10.0 Å². The van der Waals surface area contributed by atoms with Crippen LogP contribution in [-0.2, 0) is 10.0 Å². The van der Waals surface area contributed by atoms with Gasteiger partial charge in [0.25, 0.3) is 0 Å². The van der Waals surface area contributed by atoms with Crippen molar-refractivity contribution in [3.05, 3.63) is 0 Å². The van der Waals surface area contributed by atoms with Crippen molar-refractivity contribution in [3.8, 4) is 0 Å². The highest BCUT2D eigenvalue weighted by molar-refractivity contribution is 7.89. The molecule has 1 saturated heterocycles. The van der Waals surface area contributed by atoms with E-state index in [2.05, 4.69) is 10.0 Å². The van der Waals surface area contributed by atoms with Gasteiger partial charge in [-0.1, -0.05) is 25.7 Å². The lowest BCUT2D eigenvalue weighted by Gasteiger charge is -2.25. The van der Waals surface area contributed by atoms with Gasteiger partial charge in [-0.05, 0) is 38.6 Å². The summed E-state index contributed by atoms with van der Waals surface area (Å²) in [5.41, 5.74) is 0. The molecule has 18 heavy (non-hydrogen) atoms. The summed E-state index contributed by atoms with van der Waals surface area (Å²) in [6.45, 7) is 1.04. The molecule has 1 heterocycles. The molecule has 106 valence electrons. The molecule has 5 heteroatoms. The molecule has 0 aromatic carbocycles. The van der Waals surface area contributed by atoms with Gasteiger partial charge < -0.3 is 5.32 Å². The van der Waals surface area contributed by atoms with Crippen molar-refractivity contribution in [1.82, 2.24) is 10.0 Å². The first-order valence-corrected chi connectivity index (χ1v) is 9.04. The largest absolute Gasteiger partial charge is 0.314 e. The minimum Gasteiger partial charge on any atom is -0.314 e. The Bertz CT molecular complexity index is 331. The molecule has 1 unspecified atom stereocenters. The van der Waals surface area contributed by atoms with Crippen LogP contribution in [0.15, 0.2) is 0 Å². The van der Waals surface area contributed by atoms with Crippen molar-refractivity contribution in [2.24, 2.45) is 0 Å². The minimum absolute atomic E-state index is 0.197. The third-order valence-electron chi connectivity index (χ3n) is 4.10. The molecule has 4 nitrogen and oxygen atoms in total. The molecule has 0 radical (unpaired) electrons. The number of hydrogen-bond donors (Lipinski definition) is 2. The smallest absolute Gasteiger partial charge is 0.211 e. The van der Waals surface area contributed by atoms with Gasteiger partial charge in [0.2, 0.25) is 10.0 Å². The summed E-state index contributed by atoms with van der Waals surface area (Å²) in [6.07, 6.45) is 9.94. The molecule has 1 saturated carbocycles. The monoisotopic (exact) mass is 274 g/mol. The number of sulfonamides is 1. The van der Waals surface area contributed by atoms with E-state index >= 15 is 0 Å². The first-order valence-electron chi connectivity index (χ1n) is 7.39. The summed E-state index contributed by atoms with van der Waals surface area (Å²) in [4.78, 5) is 0. The van der Waals surface area contributed by atoms with E-state index in [-0.39, 0.29) is 11.8 Å². The van der Waals surface area contributed by atoms with Crippen LogP contribution in [0.3, 0.4) is 0 Å². The molecule has 2 N–H and O–H groups in total. The van der Waals surface area contributed by atoms with Crippen LogP contribution in [0.25, 0.3) is 0 Å². The van der Waals surface area contributed by atoms with Crippen LogP contribution >= 0.6 is 0 Å². The Morgan fingerprint density at radius 2 is 1.72 bits per heavy atom. The molecule has 2 aliphatic rings. The summed E-state index contributed by atoms with van der Waals surface area (Å²) >= 11 is 0. The molecule has 0 aromatic heterocycles. The van der Waals surface area contributed by atoms with Gasteiger partial charge in [-0.15, -0.1) is 0 Å². The first kappa shape index (κ1) is 14.3. The topological polar surface area (TPSA) is 58.2 Å². The second-order valence-electron chi connectivity index (χ2n) is 5.71. The van der Waals surface area contributed by atoms with Crippen LogP contribution in [0.4, 0.5) is 0 Å². The second kappa shape index (κ2) is 6.87. The Kier molecular flexibility index (Phi) is 5.45. The molecule has 2 rings (SSSR count). The zero-order valence-corrected chi connectivity index (χ0v) is 12.0. The Labute approximate surface area is 111 Å². The number of rotatable bonds is 5. The van der Waals surface area contributed by atoms with E-state index in [1.807, 2.05) is 0 Å². The maximum absolute atomic E-state index is 12.0. The Morgan fingerprint density at radius 3 is 2.39 bits per heavy atom. The summed E-state index contributed by atoms with van der Waals surface area (Å²) in [5.74, 6) is 0.279. The fraction of sp³-hybridized carbons (Fsp3) is 1.00. The van der Waals surface area contributed by atoms with Crippen LogP contribution in [0.5, 0.6) is 0 Å². The Morgan fingerprint density at radius 1 is 1.00 bits per heavy atom. The van der Waals surface area contributed by atoms with Crippen LogP contribution in [-0.4, -0.2) is 32.8 Å². The summed E-state index contributed by atoms with van der Waals surface area (Å²) < 4.78 is 26.9. The highest BCUT2D eigenvalue weighted by atomic mass is 32.2. The Hall–Kier alpha value is -0.130.